The number of hydrogen-bond donors (Lipinski definition) is 1. The van der Waals surface area contributed by atoms with Gasteiger partial charge < -0.3 is 29.2 Å². The number of carbonyl (C=O) groups excluding carboxylic acids is 2. The maximum absolute atomic E-state index is 12.6. The highest BCUT2D eigenvalue weighted by molar-refractivity contribution is 5.93. The first kappa shape index (κ1) is 21.8. The van der Waals surface area contributed by atoms with Crippen molar-refractivity contribution in [2.24, 2.45) is 5.92 Å². The highest BCUT2D eigenvalue weighted by Gasteiger charge is 2.29. The average Bonchev–Trinajstić information content (AvgIpc) is 2.78. The first-order valence-corrected chi connectivity index (χ1v) is 10.3. The summed E-state index contributed by atoms with van der Waals surface area (Å²) in [6, 6.07) is 5.29. The van der Waals surface area contributed by atoms with Crippen LogP contribution in [0.5, 0.6) is 11.5 Å². The molecule has 1 aromatic rings. The van der Waals surface area contributed by atoms with Gasteiger partial charge in [-0.2, -0.15) is 0 Å². The second kappa shape index (κ2) is 10.2. The summed E-state index contributed by atoms with van der Waals surface area (Å²) in [6.45, 7) is 3.98. The molecule has 3 rings (SSSR count). The number of nitrogens with one attached hydrogen (secondary N) is 1. The molecule has 0 spiro atoms. The van der Waals surface area contributed by atoms with Crippen LogP contribution in [-0.4, -0.2) is 57.2 Å². The van der Waals surface area contributed by atoms with E-state index in [1.165, 1.54) is 0 Å². The normalized spacial score (nSPS) is 17.1. The second-order valence-electron chi connectivity index (χ2n) is 7.47. The van der Waals surface area contributed by atoms with Gasteiger partial charge in [-0.1, -0.05) is 0 Å². The molecule has 8 nitrogen and oxygen atoms in total. The van der Waals surface area contributed by atoms with E-state index in [1.807, 2.05) is 4.90 Å². The maximum Gasteiger partial charge on any atom is 0.292 e. The van der Waals surface area contributed by atoms with Crippen LogP contribution in [0.15, 0.2) is 29.7 Å². The number of allylic oxidation sites excluding steroid dienone is 1. The molecule has 0 aliphatic carbocycles. The lowest BCUT2D eigenvalue weighted by Crippen LogP contribution is -2.40. The zero-order valence-corrected chi connectivity index (χ0v) is 17.9. The van der Waals surface area contributed by atoms with Crippen molar-refractivity contribution in [1.29, 1.82) is 0 Å². The van der Waals surface area contributed by atoms with Crippen molar-refractivity contribution in [1.82, 2.24) is 4.90 Å². The lowest BCUT2D eigenvalue weighted by atomic mass is 9.92. The molecule has 0 saturated carbocycles. The SMILES string of the molecule is COc1ccc(NC(=O)CCC2CCN(C(=O)C3=C(C)OCCO3)CC2)c(OC)c1. The van der Waals surface area contributed by atoms with Gasteiger partial charge in [0.2, 0.25) is 11.7 Å². The number of amides is 2. The summed E-state index contributed by atoms with van der Waals surface area (Å²) in [4.78, 5) is 26.8. The number of hydrogen-bond acceptors (Lipinski definition) is 6. The molecule has 0 unspecified atom stereocenters. The largest absolute Gasteiger partial charge is 0.497 e. The lowest BCUT2D eigenvalue weighted by Gasteiger charge is -2.33. The van der Waals surface area contributed by atoms with Crippen molar-refractivity contribution >= 4 is 17.5 Å². The molecule has 8 heteroatoms. The predicted octanol–water partition coefficient (Wildman–Crippen LogP) is 2.94. The molecule has 2 heterocycles. The van der Waals surface area contributed by atoms with Crippen molar-refractivity contribution in [3.63, 3.8) is 0 Å². The summed E-state index contributed by atoms with van der Waals surface area (Å²) in [7, 11) is 3.14. The number of nitrogens with zero attached hydrogens (tertiary/aromatic N) is 1. The molecular weight excluding hydrogens is 388 g/mol. The standard InChI is InChI=1S/C22H30N2O6/c1-15-21(30-13-12-29-15)22(26)24-10-8-16(9-11-24)4-7-20(25)23-18-6-5-17(27-2)14-19(18)28-3/h5-6,14,16H,4,7-13H2,1-3H3,(H,23,25). The maximum atomic E-state index is 12.6. The molecule has 2 amide bonds. The van der Waals surface area contributed by atoms with E-state index in [9.17, 15) is 9.59 Å². The fraction of sp³-hybridized carbons (Fsp3) is 0.545. The topological polar surface area (TPSA) is 86.3 Å². The molecule has 1 aromatic carbocycles. The quantitative estimate of drug-likeness (QED) is 0.733. The van der Waals surface area contributed by atoms with Gasteiger partial charge in [0.15, 0.2) is 0 Å². The first-order chi connectivity index (χ1) is 14.5. The lowest BCUT2D eigenvalue weighted by molar-refractivity contribution is -0.134. The van der Waals surface area contributed by atoms with Crippen molar-refractivity contribution in [2.45, 2.75) is 32.6 Å². The van der Waals surface area contributed by atoms with Crippen LogP contribution in [0.25, 0.3) is 0 Å². The zero-order chi connectivity index (χ0) is 21.5. The number of benzene rings is 1. The number of methoxy groups -OCH3 is 2. The van der Waals surface area contributed by atoms with E-state index < -0.39 is 0 Å². The monoisotopic (exact) mass is 418 g/mol. The van der Waals surface area contributed by atoms with Crippen LogP contribution in [0.3, 0.4) is 0 Å². The van der Waals surface area contributed by atoms with E-state index >= 15 is 0 Å². The Hall–Kier alpha value is -2.90. The van der Waals surface area contributed by atoms with Crippen LogP contribution in [0.2, 0.25) is 0 Å². The van der Waals surface area contributed by atoms with Gasteiger partial charge in [-0.25, -0.2) is 0 Å². The summed E-state index contributed by atoms with van der Waals surface area (Å²) in [5.41, 5.74) is 0.627. The minimum Gasteiger partial charge on any atom is -0.497 e. The van der Waals surface area contributed by atoms with Gasteiger partial charge in [0.05, 0.1) is 19.9 Å². The molecule has 1 N–H and O–H groups in total. The number of carbonyl (C=O) groups is 2. The second-order valence-corrected chi connectivity index (χ2v) is 7.47. The van der Waals surface area contributed by atoms with E-state index in [1.54, 1.807) is 39.3 Å². The van der Waals surface area contributed by atoms with Crippen LogP contribution in [0.4, 0.5) is 5.69 Å². The summed E-state index contributed by atoms with van der Waals surface area (Å²) in [6.07, 6.45) is 2.96. The third kappa shape index (κ3) is 5.37. The molecular formula is C22H30N2O6. The molecule has 2 aliphatic heterocycles. The first-order valence-electron chi connectivity index (χ1n) is 10.3. The third-order valence-corrected chi connectivity index (χ3v) is 5.53. The fourth-order valence-electron chi connectivity index (χ4n) is 3.74. The van der Waals surface area contributed by atoms with Gasteiger partial charge >= 0.3 is 0 Å². The molecule has 0 bridgehead atoms. The van der Waals surface area contributed by atoms with Crippen LogP contribution in [0.1, 0.15) is 32.6 Å². The van der Waals surface area contributed by atoms with Crippen molar-refractivity contribution < 1.29 is 28.5 Å². The molecule has 1 saturated heterocycles. The Kier molecular flexibility index (Phi) is 7.43. The van der Waals surface area contributed by atoms with Crippen LogP contribution < -0.4 is 14.8 Å². The number of anilines is 1. The highest BCUT2D eigenvalue weighted by atomic mass is 16.6. The van der Waals surface area contributed by atoms with Gasteiger partial charge in [0.1, 0.15) is 30.5 Å². The van der Waals surface area contributed by atoms with Gasteiger partial charge in [-0.15, -0.1) is 0 Å². The predicted molar refractivity (Wildman–Crippen MR) is 111 cm³/mol. The Bertz CT molecular complexity index is 799. The molecule has 164 valence electrons. The molecule has 30 heavy (non-hydrogen) atoms. The number of ether oxygens (including phenoxy) is 4. The van der Waals surface area contributed by atoms with Crippen molar-refractivity contribution in [3.8, 4) is 11.5 Å². The average molecular weight is 418 g/mol. The molecule has 1 fully saturated rings. The van der Waals surface area contributed by atoms with Crippen LogP contribution in [-0.2, 0) is 19.1 Å². The highest BCUT2D eigenvalue weighted by Crippen LogP contribution is 2.30. The number of piperidine rings is 1. The van der Waals surface area contributed by atoms with E-state index in [-0.39, 0.29) is 11.8 Å². The number of likely N-dealkylation sites (tertiary alicyclic amines) is 1. The fourth-order valence-corrected chi connectivity index (χ4v) is 3.74. The van der Waals surface area contributed by atoms with Crippen molar-refractivity contribution in [2.75, 3.05) is 45.8 Å². The van der Waals surface area contributed by atoms with Gasteiger partial charge in [-0.3, -0.25) is 9.59 Å². The summed E-state index contributed by atoms with van der Waals surface area (Å²) in [5.74, 6) is 2.37. The molecule has 0 radical (unpaired) electrons. The molecule has 0 aromatic heterocycles. The van der Waals surface area contributed by atoms with Crippen molar-refractivity contribution in [3.05, 3.63) is 29.7 Å². The smallest absolute Gasteiger partial charge is 0.292 e. The summed E-state index contributed by atoms with van der Waals surface area (Å²) >= 11 is 0. The minimum atomic E-state index is -0.102. The van der Waals surface area contributed by atoms with E-state index in [4.69, 9.17) is 18.9 Å². The van der Waals surface area contributed by atoms with E-state index in [2.05, 4.69) is 5.32 Å². The van der Waals surface area contributed by atoms with Gasteiger partial charge in [0.25, 0.3) is 5.91 Å². The molecule has 2 aliphatic rings. The Balaban J connectivity index is 1.44. The summed E-state index contributed by atoms with van der Waals surface area (Å²) < 4.78 is 21.4. The minimum absolute atomic E-state index is 0.0505. The van der Waals surface area contributed by atoms with E-state index in [0.717, 1.165) is 19.3 Å². The van der Waals surface area contributed by atoms with Gasteiger partial charge in [0, 0.05) is 25.6 Å². The van der Waals surface area contributed by atoms with Crippen LogP contribution >= 0.6 is 0 Å². The Morgan fingerprint density at radius 1 is 1.13 bits per heavy atom. The number of rotatable bonds is 7. The Morgan fingerprint density at radius 2 is 1.87 bits per heavy atom. The summed E-state index contributed by atoms with van der Waals surface area (Å²) in [5, 5.41) is 2.91. The van der Waals surface area contributed by atoms with E-state index in [0.29, 0.717) is 67.3 Å². The van der Waals surface area contributed by atoms with Crippen LogP contribution in [0, 0.1) is 5.92 Å². The molecule has 0 atom stereocenters. The third-order valence-electron chi connectivity index (χ3n) is 5.53. The zero-order valence-electron chi connectivity index (χ0n) is 17.9. The Morgan fingerprint density at radius 3 is 2.53 bits per heavy atom. The van der Waals surface area contributed by atoms with Gasteiger partial charge in [-0.05, 0) is 44.2 Å². The Labute approximate surface area is 177 Å².